The molecule has 0 radical (unpaired) electrons. The monoisotopic (exact) mass is 292 g/mol. The molecule has 0 aliphatic heterocycles. The van der Waals surface area contributed by atoms with E-state index in [9.17, 15) is 0 Å². The van der Waals surface area contributed by atoms with Crippen LogP contribution in [0.3, 0.4) is 0 Å². The van der Waals surface area contributed by atoms with Gasteiger partial charge in [0.1, 0.15) is 5.82 Å². The van der Waals surface area contributed by atoms with Crippen LogP contribution in [0.5, 0.6) is 0 Å². The first-order chi connectivity index (χ1) is 9.95. The van der Waals surface area contributed by atoms with E-state index in [0.717, 1.165) is 5.01 Å². The van der Waals surface area contributed by atoms with Gasteiger partial charge < -0.3 is 17.2 Å². The van der Waals surface area contributed by atoms with Crippen LogP contribution in [0.25, 0.3) is 0 Å². The second-order valence-electron chi connectivity index (χ2n) is 3.52. The molecule has 0 aliphatic rings. The number of aromatic amines is 1. The van der Waals surface area contributed by atoms with Crippen molar-refractivity contribution >= 4 is 29.8 Å². The molecule has 14 heteroatoms. The Hall–Kier alpha value is -3.55. The maximum absolute atomic E-state index is 5.60. The third-order valence-electron chi connectivity index (χ3n) is 1.92. The van der Waals surface area contributed by atoms with Gasteiger partial charge in [-0.15, -0.1) is 25.5 Å². The van der Waals surface area contributed by atoms with Crippen LogP contribution in [0.4, 0.5) is 23.8 Å². The highest BCUT2D eigenvalue weighted by molar-refractivity contribution is 5.92. The van der Waals surface area contributed by atoms with Gasteiger partial charge in [-0.05, 0) is 0 Å². The van der Waals surface area contributed by atoms with Crippen LogP contribution < -0.4 is 33.4 Å². The molecule has 0 unspecified atom stereocenters. The van der Waals surface area contributed by atoms with E-state index in [4.69, 9.17) is 23.0 Å². The number of nitrogen functional groups attached to an aromatic ring is 1. The molecule has 2 aromatic rings. The van der Waals surface area contributed by atoms with Gasteiger partial charge in [-0.2, -0.15) is 9.98 Å². The zero-order valence-corrected chi connectivity index (χ0v) is 10.6. The summed E-state index contributed by atoms with van der Waals surface area (Å²) in [4.78, 5) is 7.43. The highest BCUT2D eigenvalue weighted by Crippen LogP contribution is 2.06. The second-order valence-corrected chi connectivity index (χ2v) is 3.52. The molecule has 0 amide bonds. The fraction of sp³-hybridized carbons (Fsp3) is 0. The van der Waals surface area contributed by atoms with Gasteiger partial charge in [0, 0.05) is 0 Å². The number of hydrogen-bond acceptors (Lipinski definition) is 11. The molecule has 0 spiro atoms. The molecule has 2 heterocycles. The van der Waals surface area contributed by atoms with Crippen LogP contribution >= 0.6 is 0 Å². The summed E-state index contributed by atoms with van der Waals surface area (Å²) in [6.45, 7) is 3.35. The van der Waals surface area contributed by atoms with Gasteiger partial charge in [-0.25, -0.2) is 16.0 Å². The minimum atomic E-state index is -0.171. The summed E-state index contributed by atoms with van der Waals surface area (Å²) in [7, 11) is 0. The number of nitrogens with two attached hydrogens (primary N) is 4. The standard InChI is InChI=1S/C7H12N14/c1-2(8)12-4(10)21(11)7-19-17-6(18-20-7)14-5-13-3(9)15-16-5/h1,8,11H2,(H2,10,12)(H4,9,13,14,15,16,17,18). The van der Waals surface area contributed by atoms with Crippen LogP contribution in [0.2, 0.25) is 0 Å². The highest BCUT2D eigenvalue weighted by atomic mass is 15.6. The molecule has 0 aromatic carbocycles. The first-order valence-corrected chi connectivity index (χ1v) is 5.31. The Balaban J connectivity index is 2.09. The lowest BCUT2D eigenvalue weighted by Crippen LogP contribution is -2.44. The quantitative estimate of drug-likeness (QED) is 0.145. The maximum atomic E-state index is 5.60. The Morgan fingerprint density at radius 2 is 1.90 bits per heavy atom. The van der Waals surface area contributed by atoms with Crippen molar-refractivity contribution in [1.82, 2.24) is 35.6 Å². The Morgan fingerprint density at radius 1 is 1.24 bits per heavy atom. The molecule has 0 saturated carbocycles. The maximum Gasteiger partial charge on any atom is 0.285 e. The van der Waals surface area contributed by atoms with E-state index >= 15 is 0 Å². The Bertz CT molecular complexity index is 654. The van der Waals surface area contributed by atoms with Crippen LogP contribution in [-0.2, 0) is 0 Å². The lowest BCUT2D eigenvalue weighted by Gasteiger charge is -2.13. The van der Waals surface area contributed by atoms with Crippen molar-refractivity contribution < 1.29 is 0 Å². The largest absolute Gasteiger partial charge is 0.384 e. The van der Waals surface area contributed by atoms with E-state index in [2.05, 4.69) is 52.5 Å². The number of hydrazine groups is 1. The summed E-state index contributed by atoms with van der Waals surface area (Å²) in [5.41, 5.74) is 16.1. The minimum absolute atomic E-state index is 0.0231. The summed E-state index contributed by atoms with van der Waals surface area (Å²) < 4.78 is 0. The minimum Gasteiger partial charge on any atom is -0.384 e. The average molecular weight is 292 g/mol. The number of rotatable bonds is 4. The SMILES string of the molecule is C=C(N)/N=C(/N)N(N)c1nnc(Nc2nc(N)n[nH]2)nn1. The van der Waals surface area contributed by atoms with Crippen LogP contribution in [0.15, 0.2) is 17.4 Å². The summed E-state index contributed by atoms with van der Waals surface area (Å²) in [5.74, 6) is 5.65. The normalized spacial score (nSPS) is 11.2. The van der Waals surface area contributed by atoms with Gasteiger partial charge >= 0.3 is 0 Å². The highest BCUT2D eigenvalue weighted by Gasteiger charge is 2.12. The van der Waals surface area contributed by atoms with Crippen molar-refractivity contribution in [3.8, 4) is 0 Å². The number of H-pyrrole nitrogens is 1. The fourth-order valence-corrected chi connectivity index (χ4v) is 1.11. The average Bonchev–Trinajstić information content (AvgIpc) is 2.83. The Morgan fingerprint density at radius 3 is 2.43 bits per heavy atom. The topological polar surface area (TPSA) is 225 Å². The summed E-state index contributed by atoms with van der Waals surface area (Å²) in [6, 6.07) is 0. The summed E-state index contributed by atoms with van der Waals surface area (Å²) >= 11 is 0. The molecule has 110 valence electrons. The molecule has 2 aromatic heterocycles. The zero-order valence-electron chi connectivity index (χ0n) is 10.6. The summed E-state index contributed by atoms with van der Waals surface area (Å²) in [5, 5.41) is 24.4. The van der Waals surface area contributed by atoms with Crippen LogP contribution in [-0.4, -0.2) is 41.5 Å². The first-order valence-electron chi connectivity index (χ1n) is 5.31. The predicted molar refractivity (Wildman–Crippen MR) is 73.3 cm³/mol. The smallest absolute Gasteiger partial charge is 0.285 e. The van der Waals surface area contributed by atoms with Gasteiger partial charge in [0.2, 0.25) is 17.9 Å². The molecule has 0 atom stereocenters. The van der Waals surface area contributed by atoms with E-state index in [0.29, 0.717) is 0 Å². The number of hydrogen-bond donors (Lipinski definition) is 6. The Labute approximate surface area is 117 Å². The van der Waals surface area contributed by atoms with Gasteiger partial charge in [0.15, 0.2) is 0 Å². The van der Waals surface area contributed by atoms with Gasteiger partial charge in [0.25, 0.3) is 11.9 Å². The number of guanidine groups is 1. The molecule has 0 bridgehead atoms. The van der Waals surface area contributed by atoms with Crippen molar-refractivity contribution in [2.45, 2.75) is 0 Å². The molecule has 14 nitrogen and oxygen atoms in total. The lowest BCUT2D eigenvalue weighted by atomic mass is 10.8. The van der Waals surface area contributed by atoms with Crippen molar-refractivity contribution in [1.29, 1.82) is 0 Å². The number of nitrogens with one attached hydrogen (secondary N) is 2. The number of aromatic nitrogens is 7. The molecule has 0 fully saturated rings. The zero-order chi connectivity index (χ0) is 15.4. The third kappa shape index (κ3) is 3.47. The molecule has 0 aliphatic carbocycles. The van der Waals surface area contributed by atoms with Gasteiger partial charge in [-0.1, -0.05) is 6.58 Å². The Kier molecular flexibility index (Phi) is 3.71. The van der Waals surface area contributed by atoms with E-state index in [1.165, 1.54) is 0 Å². The second kappa shape index (κ2) is 5.61. The van der Waals surface area contributed by atoms with E-state index in [1.54, 1.807) is 0 Å². The predicted octanol–water partition coefficient (Wildman–Crippen LogP) is -2.86. The summed E-state index contributed by atoms with van der Waals surface area (Å²) in [6.07, 6.45) is 0. The van der Waals surface area contributed by atoms with Crippen LogP contribution in [0, 0.1) is 0 Å². The van der Waals surface area contributed by atoms with Crippen molar-refractivity contribution in [3.63, 3.8) is 0 Å². The number of aliphatic imine (C=N–C) groups is 1. The van der Waals surface area contributed by atoms with E-state index < -0.39 is 0 Å². The van der Waals surface area contributed by atoms with Gasteiger partial charge in [0.05, 0.1) is 0 Å². The van der Waals surface area contributed by atoms with Crippen molar-refractivity contribution in [2.24, 2.45) is 22.3 Å². The van der Waals surface area contributed by atoms with Crippen molar-refractivity contribution in [2.75, 3.05) is 16.1 Å². The number of nitrogens with zero attached hydrogens (tertiary/aromatic N) is 8. The first kappa shape index (κ1) is 13.9. The van der Waals surface area contributed by atoms with Crippen LogP contribution in [0.1, 0.15) is 0 Å². The molecular weight excluding hydrogens is 280 g/mol. The number of anilines is 4. The molecule has 0 saturated heterocycles. The van der Waals surface area contributed by atoms with E-state index in [-0.39, 0.29) is 35.6 Å². The van der Waals surface area contributed by atoms with Crippen molar-refractivity contribution in [3.05, 3.63) is 12.4 Å². The molecule has 21 heavy (non-hydrogen) atoms. The van der Waals surface area contributed by atoms with Gasteiger partial charge in [-0.3, -0.25) is 5.32 Å². The molecule has 10 N–H and O–H groups in total. The molecular formula is C7H12N14. The lowest BCUT2D eigenvalue weighted by molar-refractivity contribution is 0.829. The third-order valence-corrected chi connectivity index (χ3v) is 1.92. The van der Waals surface area contributed by atoms with E-state index in [1.807, 2.05) is 0 Å². The fourth-order valence-electron chi connectivity index (χ4n) is 1.11. The molecule has 2 rings (SSSR count).